The van der Waals surface area contributed by atoms with Gasteiger partial charge in [0.05, 0.1) is 17.9 Å². The van der Waals surface area contributed by atoms with E-state index in [1.165, 1.54) is 18.6 Å². The number of hydrogen-bond acceptors (Lipinski definition) is 5. The van der Waals surface area contributed by atoms with E-state index >= 15 is 0 Å². The van der Waals surface area contributed by atoms with Gasteiger partial charge in [-0.3, -0.25) is 14.4 Å². The molecule has 7 nitrogen and oxygen atoms in total. The zero-order valence-corrected chi connectivity index (χ0v) is 23.1. The van der Waals surface area contributed by atoms with Crippen molar-refractivity contribution in [2.45, 2.75) is 77.2 Å². The smallest absolute Gasteiger partial charge is 0.312 e. The minimum absolute atomic E-state index is 0.0999. The summed E-state index contributed by atoms with van der Waals surface area (Å²) in [6.07, 6.45) is 8.79. The molecule has 1 aliphatic carbocycles. The second-order valence-corrected chi connectivity index (χ2v) is 11.5. The predicted molar refractivity (Wildman–Crippen MR) is 144 cm³/mol. The topological polar surface area (TPSA) is 79.0 Å². The Balaban J connectivity index is 1.48. The molecular formula is C30H44FN3O4. The van der Waals surface area contributed by atoms with Crippen LogP contribution in [0.25, 0.3) is 0 Å². The molecule has 2 heterocycles. The number of nitrogens with one attached hydrogen (secondary N) is 1. The molecule has 1 aromatic carbocycles. The van der Waals surface area contributed by atoms with Gasteiger partial charge < -0.3 is 19.9 Å². The quantitative estimate of drug-likeness (QED) is 0.516. The molecule has 4 rings (SSSR count). The van der Waals surface area contributed by atoms with Crippen LogP contribution in [0.3, 0.4) is 0 Å². The van der Waals surface area contributed by atoms with Gasteiger partial charge >= 0.3 is 5.97 Å². The summed E-state index contributed by atoms with van der Waals surface area (Å²) in [5.74, 6) is -0.534. The Bertz CT molecular complexity index is 955. The van der Waals surface area contributed by atoms with E-state index in [2.05, 4.69) is 10.2 Å². The Morgan fingerprint density at radius 3 is 2.34 bits per heavy atom. The third-order valence-electron chi connectivity index (χ3n) is 9.00. The summed E-state index contributed by atoms with van der Waals surface area (Å²) < 4.78 is 19.1. The van der Waals surface area contributed by atoms with E-state index in [1.807, 2.05) is 18.9 Å². The molecular weight excluding hydrogens is 485 g/mol. The van der Waals surface area contributed by atoms with Gasteiger partial charge in [0, 0.05) is 26.1 Å². The number of carbonyl (C=O) groups is 3. The first-order chi connectivity index (χ1) is 18.3. The van der Waals surface area contributed by atoms with E-state index in [4.69, 9.17) is 4.74 Å². The normalized spacial score (nSPS) is 23.4. The van der Waals surface area contributed by atoms with Crippen molar-refractivity contribution in [2.75, 3.05) is 39.8 Å². The number of piperidine rings is 2. The van der Waals surface area contributed by atoms with Crippen LogP contribution in [0.4, 0.5) is 4.39 Å². The molecule has 0 unspecified atom stereocenters. The first-order valence-electron chi connectivity index (χ1n) is 14.5. The molecule has 1 saturated carbocycles. The number of hydrogen-bond donors (Lipinski definition) is 1. The van der Waals surface area contributed by atoms with Gasteiger partial charge in [-0.1, -0.05) is 31.4 Å². The molecule has 0 bridgehead atoms. The van der Waals surface area contributed by atoms with Crippen LogP contribution in [-0.4, -0.2) is 73.5 Å². The van der Waals surface area contributed by atoms with Crippen LogP contribution in [-0.2, 0) is 25.5 Å². The average molecular weight is 530 g/mol. The largest absolute Gasteiger partial charge is 0.466 e. The molecule has 8 heteroatoms. The van der Waals surface area contributed by atoms with Gasteiger partial charge in [-0.15, -0.1) is 0 Å². The molecule has 0 aromatic heterocycles. The van der Waals surface area contributed by atoms with Crippen molar-refractivity contribution in [2.24, 2.45) is 17.3 Å². The third kappa shape index (κ3) is 6.74. The summed E-state index contributed by atoms with van der Waals surface area (Å²) >= 11 is 0. The van der Waals surface area contributed by atoms with Crippen molar-refractivity contribution in [3.63, 3.8) is 0 Å². The van der Waals surface area contributed by atoms with Gasteiger partial charge in [0.2, 0.25) is 11.8 Å². The highest BCUT2D eigenvalue weighted by molar-refractivity contribution is 5.89. The maximum atomic E-state index is 13.8. The molecule has 2 atom stereocenters. The Kier molecular flexibility index (Phi) is 9.80. The van der Waals surface area contributed by atoms with Crippen LogP contribution < -0.4 is 5.32 Å². The molecule has 2 amide bonds. The summed E-state index contributed by atoms with van der Waals surface area (Å²) in [4.78, 5) is 44.3. The number of benzene rings is 1. The van der Waals surface area contributed by atoms with Crippen LogP contribution in [0.5, 0.6) is 0 Å². The fourth-order valence-electron chi connectivity index (χ4n) is 6.78. The lowest BCUT2D eigenvalue weighted by Gasteiger charge is -2.46. The monoisotopic (exact) mass is 529 g/mol. The van der Waals surface area contributed by atoms with Crippen molar-refractivity contribution in [1.82, 2.24) is 15.1 Å². The summed E-state index contributed by atoms with van der Waals surface area (Å²) in [5, 5.41) is 3.05. The molecule has 1 N–H and O–H groups in total. The van der Waals surface area contributed by atoms with E-state index in [0.29, 0.717) is 51.4 Å². The number of carbonyl (C=O) groups excluding carboxylic acids is 3. The molecule has 2 saturated heterocycles. The first-order valence-corrected chi connectivity index (χ1v) is 14.5. The van der Waals surface area contributed by atoms with Gasteiger partial charge in [-0.25, -0.2) is 4.39 Å². The molecule has 3 fully saturated rings. The fourth-order valence-corrected chi connectivity index (χ4v) is 6.78. The van der Waals surface area contributed by atoms with Gasteiger partial charge in [0.25, 0.3) is 0 Å². The van der Waals surface area contributed by atoms with E-state index in [9.17, 15) is 18.8 Å². The lowest BCUT2D eigenvalue weighted by atomic mass is 9.63. The van der Waals surface area contributed by atoms with Crippen LogP contribution in [0.2, 0.25) is 0 Å². The molecule has 38 heavy (non-hydrogen) atoms. The van der Waals surface area contributed by atoms with Crippen molar-refractivity contribution in [1.29, 1.82) is 0 Å². The highest BCUT2D eigenvalue weighted by atomic mass is 19.1. The minimum Gasteiger partial charge on any atom is -0.466 e. The van der Waals surface area contributed by atoms with Gasteiger partial charge in [0.15, 0.2) is 0 Å². The summed E-state index contributed by atoms with van der Waals surface area (Å²) in [7, 11) is 2.01. The summed E-state index contributed by atoms with van der Waals surface area (Å²) in [5.41, 5.74) is 0.265. The zero-order valence-electron chi connectivity index (χ0n) is 23.1. The Hall–Kier alpha value is -2.48. The number of ether oxygens (including phenoxy) is 1. The Labute approximate surface area is 226 Å². The number of amides is 2. The predicted octanol–water partition coefficient (Wildman–Crippen LogP) is 3.95. The maximum Gasteiger partial charge on any atom is 0.312 e. The number of rotatable bonds is 8. The highest BCUT2D eigenvalue weighted by Crippen LogP contribution is 2.47. The summed E-state index contributed by atoms with van der Waals surface area (Å²) in [6, 6.07) is 5.37. The number of likely N-dealkylation sites (tertiary alicyclic amines) is 2. The molecule has 210 valence electrons. The van der Waals surface area contributed by atoms with E-state index in [0.717, 1.165) is 50.6 Å². The number of halogens is 1. The van der Waals surface area contributed by atoms with E-state index in [1.54, 1.807) is 12.1 Å². The second kappa shape index (κ2) is 13.0. The van der Waals surface area contributed by atoms with Crippen molar-refractivity contribution in [3.05, 3.63) is 35.6 Å². The molecule has 2 aliphatic heterocycles. The maximum absolute atomic E-state index is 13.8. The van der Waals surface area contributed by atoms with E-state index in [-0.39, 0.29) is 29.5 Å². The van der Waals surface area contributed by atoms with Gasteiger partial charge in [-0.2, -0.15) is 0 Å². The third-order valence-corrected chi connectivity index (χ3v) is 9.00. The van der Waals surface area contributed by atoms with Gasteiger partial charge in [0.1, 0.15) is 11.9 Å². The molecule has 0 radical (unpaired) electrons. The van der Waals surface area contributed by atoms with Crippen molar-refractivity contribution in [3.8, 4) is 0 Å². The van der Waals surface area contributed by atoms with Crippen molar-refractivity contribution < 1.29 is 23.5 Å². The van der Waals surface area contributed by atoms with E-state index < -0.39 is 11.5 Å². The number of nitrogens with zero attached hydrogens (tertiary/aromatic N) is 2. The SMILES string of the molecule is CCOC(=O)C1(C2CCCCC2)CCN(C(=O)[C@@H](Cc2ccc(F)cc2)NC(=O)[C@@H]2CCCN(C)C2)CC1. The number of esters is 1. The zero-order chi connectivity index (χ0) is 27.1. The lowest BCUT2D eigenvalue weighted by molar-refractivity contribution is -0.166. The minimum atomic E-state index is -0.732. The molecule has 1 aromatic rings. The average Bonchev–Trinajstić information content (AvgIpc) is 2.94. The lowest BCUT2D eigenvalue weighted by Crippen LogP contribution is -2.56. The highest BCUT2D eigenvalue weighted by Gasteiger charge is 2.49. The van der Waals surface area contributed by atoms with Crippen LogP contribution >= 0.6 is 0 Å². The molecule has 3 aliphatic rings. The fraction of sp³-hybridized carbons (Fsp3) is 0.700. The second-order valence-electron chi connectivity index (χ2n) is 11.5. The van der Waals surface area contributed by atoms with Crippen LogP contribution in [0, 0.1) is 23.1 Å². The van der Waals surface area contributed by atoms with Gasteiger partial charge in [-0.05, 0) is 82.7 Å². The van der Waals surface area contributed by atoms with Crippen LogP contribution in [0.15, 0.2) is 24.3 Å². The molecule has 0 spiro atoms. The first kappa shape index (κ1) is 28.5. The standard InChI is InChI=1S/C30H44FN3O4/c1-3-38-29(37)30(24-9-5-4-6-10-24)15-18-34(19-16-30)28(36)26(20-22-11-13-25(31)14-12-22)32-27(35)23-8-7-17-33(2)21-23/h11-14,23-24,26H,3-10,15-21H2,1-2H3,(H,32,35)/t23-,26-/m1/s1. The van der Waals surface area contributed by atoms with Crippen LogP contribution in [0.1, 0.15) is 70.3 Å². The Morgan fingerprint density at radius 2 is 1.71 bits per heavy atom. The Morgan fingerprint density at radius 1 is 1.03 bits per heavy atom. The summed E-state index contributed by atoms with van der Waals surface area (Å²) in [6.45, 7) is 4.79. The van der Waals surface area contributed by atoms with Crippen molar-refractivity contribution >= 4 is 17.8 Å².